The number of rotatable bonds is 1. The normalized spacial score (nSPS) is 11.5. The molecule has 0 bridgehead atoms. The highest BCUT2D eigenvalue weighted by Gasteiger charge is 2.13. The van der Waals surface area contributed by atoms with Crippen LogP contribution in [0.4, 0.5) is 0 Å². The van der Waals surface area contributed by atoms with Gasteiger partial charge in [0.25, 0.3) is 5.16 Å². The Morgan fingerprint density at radius 2 is 2.13 bits per heavy atom. The SMILES string of the molecule is CS(=O)(=O)c1ncc2ncc(C#N)n2n1. The fraction of sp³-hybridized carbons (Fsp3) is 0.143. The van der Waals surface area contributed by atoms with Crippen LogP contribution in [0.15, 0.2) is 17.6 Å². The Balaban J connectivity index is 2.81. The average Bonchev–Trinajstić information content (AvgIpc) is 2.57. The van der Waals surface area contributed by atoms with E-state index in [0.717, 1.165) is 10.8 Å². The van der Waals surface area contributed by atoms with Gasteiger partial charge in [-0.2, -0.15) is 9.78 Å². The number of nitrogens with zero attached hydrogens (tertiary/aromatic N) is 5. The fourth-order valence-electron chi connectivity index (χ4n) is 1.02. The van der Waals surface area contributed by atoms with Gasteiger partial charge in [-0.15, -0.1) is 5.10 Å². The molecule has 7 nitrogen and oxygen atoms in total. The Hall–Kier alpha value is -2.01. The monoisotopic (exact) mass is 223 g/mol. The zero-order chi connectivity index (χ0) is 11.1. The van der Waals surface area contributed by atoms with Gasteiger partial charge in [-0.05, 0) is 0 Å². The van der Waals surface area contributed by atoms with Gasteiger partial charge in [-0.25, -0.2) is 18.4 Å². The zero-order valence-electron chi connectivity index (χ0n) is 7.62. The van der Waals surface area contributed by atoms with E-state index >= 15 is 0 Å². The van der Waals surface area contributed by atoms with Crippen LogP contribution in [0.1, 0.15) is 5.69 Å². The first kappa shape index (κ1) is 9.54. The third kappa shape index (κ3) is 1.53. The molecule has 76 valence electrons. The number of hydrogen-bond donors (Lipinski definition) is 0. The van der Waals surface area contributed by atoms with Gasteiger partial charge in [0.2, 0.25) is 9.84 Å². The van der Waals surface area contributed by atoms with Crippen molar-refractivity contribution in [3.05, 3.63) is 18.1 Å². The maximum atomic E-state index is 11.2. The minimum absolute atomic E-state index is 0.164. The molecular formula is C7H5N5O2S. The lowest BCUT2D eigenvalue weighted by Crippen LogP contribution is -2.08. The first-order valence-corrected chi connectivity index (χ1v) is 5.72. The second-order valence-corrected chi connectivity index (χ2v) is 4.75. The van der Waals surface area contributed by atoms with Crippen molar-refractivity contribution in [2.24, 2.45) is 0 Å². The Morgan fingerprint density at radius 1 is 1.40 bits per heavy atom. The summed E-state index contributed by atoms with van der Waals surface area (Å²) in [6.45, 7) is 0. The van der Waals surface area contributed by atoms with E-state index in [2.05, 4.69) is 15.1 Å². The molecule has 2 rings (SSSR count). The molecule has 0 spiro atoms. The number of aromatic nitrogens is 4. The van der Waals surface area contributed by atoms with Crippen molar-refractivity contribution in [3.63, 3.8) is 0 Å². The van der Waals surface area contributed by atoms with Gasteiger partial charge < -0.3 is 0 Å². The zero-order valence-corrected chi connectivity index (χ0v) is 8.43. The summed E-state index contributed by atoms with van der Waals surface area (Å²) in [5.41, 5.74) is 0.497. The molecule has 2 aromatic rings. The molecule has 0 unspecified atom stereocenters. The molecule has 2 heterocycles. The summed E-state index contributed by atoms with van der Waals surface area (Å²) in [5.74, 6) is 0. The van der Waals surface area contributed by atoms with Gasteiger partial charge in [-0.3, -0.25) is 0 Å². The number of fused-ring (bicyclic) bond motifs is 1. The maximum Gasteiger partial charge on any atom is 0.265 e. The van der Waals surface area contributed by atoms with Crippen molar-refractivity contribution in [2.75, 3.05) is 6.26 Å². The molecule has 15 heavy (non-hydrogen) atoms. The van der Waals surface area contributed by atoms with E-state index in [1.807, 2.05) is 6.07 Å². The summed E-state index contributed by atoms with van der Waals surface area (Å²) in [5, 5.41) is 12.1. The quantitative estimate of drug-likeness (QED) is 0.639. The van der Waals surface area contributed by atoms with Crippen molar-refractivity contribution in [1.82, 2.24) is 19.6 Å². The number of nitriles is 1. The highest BCUT2D eigenvalue weighted by molar-refractivity contribution is 7.90. The second-order valence-electron chi connectivity index (χ2n) is 2.84. The van der Waals surface area contributed by atoms with Crippen molar-refractivity contribution >= 4 is 15.5 Å². The Morgan fingerprint density at radius 3 is 2.73 bits per heavy atom. The van der Waals surface area contributed by atoms with Crippen LogP contribution in [0.25, 0.3) is 5.65 Å². The standard InChI is InChI=1S/C7H5N5O2S/c1-15(13,14)7-10-4-6-9-3-5(2-8)12(6)11-7/h3-4H,1H3. The van der Waals surface area contributed by atoms with Crippen LogP contribution in [0, 0.1) is 11.3 Å². The van der Waals surface area contributed by atoms with E-state index < -0.39 is 9.84 Å². The predicted molar refractivity (Wildman–Crippen MR) is 48.6 cm³/mol. The predicted octanol–water partition coefficient (Wildman–Crippen LogP) is -0.601. The highest BCUT2D eigenvalue weighted by Crippen LogP contribution is 2.05. The summed E-state index contributed by atoms with van der Waals surface area (Å²) in [7, 11) is -3.48. The van der Waals surface area contributed by atoms with Gasteiger partial charge in [0.15, 0.2) is 11.3 Å². The largest absolute Gasteiger partial charge is 0.265 e. The average molecular weight is 223 g/mol. The summed E-state index contributed by atoms with van der Waals surface area (Å²) in [4.78, 5) is 7.47. The smallest absolute Gasteiger partial charge is 0.233 e. The highest BCUT2D eigenvalue weighted by atomic mass is 32.2. The molecule has 0 N–H and O–H groups in total. The van der Waals surface area contributed by atoms with E-state index in [0.29, 0.717) is 5.65 Å². The number of hydrogen-bond acceptors (Lipinski definition) is 6. The Bertz CT molecular complexity index is 666. The molecule has 8 heteroatoms. The Kier molecular flexibility index (Phi) is 1.90. The molecule has 0 aliphatic rings. The van der Waals surface area contributed by atoms with Gasteiger partial charge in [0.1, 0.15) is 6.07 Å². The molecule has 0 aliphatic carbocycles. The summed E-state index contributed by atoms with van der Waals surface area (Å²) < 4.78 is 23.5. The van der Waals surface area contributed by atoms with E-state index in [-0.39, 0.29) is 10.9 Å². The van der Waals surface area contributed by atoms with Crippen LogP contribution < -0.4 is 0 Å². The third-order valence-corrected chi connectivity index (χ3v) is 2.54. The second kappa shape index (κ2) is 2.99. The van der Waals surface area contributed by atoms with Crippen LogP contribution in [-0.4, -0.2) is 34.3 Å². The lowest BCUT2D eigenvalue weighted by molar-refractivity contribution is 0.587. The van der Waals surface area contributed by atoms with Gasteiger partial charge in [-0.1, -0.05) is 0 Å². The van der Waals surface area contributed by atoms with E-state index in [9.17, 15) is 8.42 Å². The minimum Gasteiger partial charge on any atom is -0.233 e. The molecule has 0 radical (unpaired) electrons. The van der Waals surface area contributed by atoms with E-state index in [1.165, 1.54) is 12.4 Å². The minimum atomic E-state index is -3.48. The van der Waals surface area contributed by atoms with Crippen LogP contribution in [0.5, 0.6) is 0 Å². The van der Waals surface area contributed by atoms with E-state index in [1.54, 1.807) is 0 Å². The summed E-state index contributed by atoms with van der Waals surface area (Å²) in [6.07, 6.45) is 3.55. The molecule has 2 aromatic heterocycles. The maximum absolute atomic E-state index is 11.2. The first-order valence-electron chi connectivity index (χ1n) is 3.83. The third-order valence-electron chi connectivity index (χ3n) is 1.69. The van der Waals surface area contributed by atoms with Crippen LogP contribution in [0.2, 0.25) is 0 Å². The number of sulfone groups is 1. The Labute approximate surface area is 84.9 Å². The molecular weight excluding hydrogens is 218 g/mol. The molecule has 0 fully saturated rings. The van der Waals surface area contributed by atoms with Gasteiger partial charge in [0.05, 0.1) is 12.4 Å². The molecule has 0 aliphatic heterocycles. The van der Waals surface area contributed by atoms with E-state index in [4.69, 9.17) is 5.26 Å². The first-order chi connectivity index (χ1) is 7.02. The van der Waals surface area contributed by atoms with Gasteiger partial charge in [0, 0.05) is 6.26 Å². The van der Waals surface area contributed by atoms with Crippen molar-refractivity contribution < 1.29 is 8.42 Å². The lowest BCUT2D eigenvalue weighted by Gasteiger charge is -1.97. The van der Waals surface area contributed by atoms with Gasteiger partial charge >= 0.3 is 0 Å². The van der Waals surface area contributed by atoms with Crippen molar-refractivity contribution in [3.8, 4) is 6.07 Å². The molecule has 0 amide bonds. The summed E-state index contributed by atoms with van der Waals surface area (Å²) >= 11 is 0. The van der Waals surface area contributed by atoms with Crippen LogP contribution >= 0.6 is 0 Å². The fourth-order valence-corrected chi connectivity index (χ4v) is 1.50. The molecule has 0 saturated carbocycles. The van der Waals surface area contributed by atoms with Crippen LogP contribution in [0.3, 0.4) is 0 Å². The lowest BCUT2D eigenvalue weighted by atomic mass is 10.5. The molecule has 0 atom stereocenters. The van der Waals surface area contributed by atoms with Crippen molar-refractivity contribution in [1.29, 1.82) is 5.26 Å². The number of imidazole rings is 1. The van der Waals surface area contributed by atoms with Crippen LogP contribution in [-0.2, 0) is 9.84 Å². The molecule has 0 aromatic carbocycles. The molecule has 0 saturated heterocycles. The summed E-state index contributed by atoms with van der Waals surface area (Å²) in [6, 6.07) is 1.84. The topological polar surface area (TPSA) is 101 Å². The van der Waals surface area contributed by atoms with Crippen molar-refractivity contribution in [2.45, 2.75) is 5.16 Å².